The molecule has 1 aromatic carbocycles. The molecule has 21 heavy (non-hydrogen) atoms. The maximum Gasteiger partial charge on any atom is 0.219 e. The predicted molar refractivity (Wildman–Crippen MR) is 81.2 cm³/mol. The second kappa shape index (κ2) is 5.48. The summed E-state index contributed by atoms with van der Waals surface area (Å²) in [4.78, 5) is 19.2. The van der Waals surface area contributed by atoms with E-state index in [4.69, 9.17) is 11.6 Å². The van der Waals surface area contributed by atoms with Gasteiger partial charge in [-0.15, -0.1) is 0 Å². The van der Waals surface area contributed by atoms with Crippen molar-refractivity contribution < 1.29 is 9.18 Å². The molecule has 6 heteroatoms. The van der Waals surface area contributed by atoms with Crippen LogP contribution in [0.1, 0.15) is 6.92 Å². The number of aromatic nitrogens is 1. The Morgan fingerprint density at radius 3 is 2.67 bits per heavy atom. The summed E-state index contributed by atoms with van der Waals surface area (Å²) in [5.74, 6) is -0.300. The highest BCUT2D eigenvalue weighted by Crippen LogP contribution is 2.29. The van der Waals surface area contributed by atoms with Gasteiger partial charge in [-0.1, -0.05) is 11.6 Å². The highest BCUT2D eigenvalue weighted by atomic mass is 35.5. The van der Waals surface area contributed by atoms with E-state index in [0.717, 1.165) is 5.69 Å². The van der Waals surface area contributed by atoms with Crippen LogP contribution >= 0.6 is 11.6 Å². The van der Waals surface area contributed by atoms with Gasteiger partial charge in [0.05, 0.1) is 5.02 Å². The number of carbonyl (C=O) groups is 1. The van der Waals surface area contributed by atoms with Gasteiger partial charge in [-0.25, -0.2) is 4.39 Å². The molecule has 1 aromatic heterocycles. The van der Waals surface area contributed by atoms with E-state index in [0.29, 0.717) is 36.6 Å². The number of halogens is 2. The predicted octanol–water partition coefficient (Wildman–Crippen LogP) is 2.70. The van der Waals surface area contributed by atoms with E-state index < -0.39 is 0 Å². The molecule has 0 N–H and O–H groups in total. The number of piperazine rings is 1. The number of fused-ring (bicyclic) bond motifs is 1. The number of nitrogens with zero attached hydrogens (tertiary/aromatic N) is 3. The molecule has 0 aliphatic carbocycles. The molecule has 0 spiro atoms. The largest absolute Gasteiger partial charge is 0.368 e. The van der Waals surface area contributed by atoms with Crippen LogP contribution in [0.25, 0.3) is 10.9 Å². The first-order valence-corrected chi connectivity index (χ1v) is 7.18. The number of amides is 1. The maximum absolute atomic E-state index is 14.2. The molecule has 0 atom stereocenters. The van der Waals surface area contributed by atoms with Gasteiger partial charge < -0.3 is 9.80 Å². The van der Waals surface area contributed by atoms with Crippen molar-refractivity contribution in [1.82, 2.24) is 9.88 Å². The number of anilines is 1. The number of benzene rings is 1. The third-order valence-electron chi connectivity index (χ3n) is 3.82. The molecule has 0 saturated carbocycles. The van der Waals surface area contributed by atoms with Crippen molar-refractivity contribution >= 4 is 34.1 Å². The molecule has 1 saturated heterocycles. The van der Waals surface area contributed by atoms with Crippen molar-refractivity contribution in [2.45, 2.75) is 6.92 Å². The molecule has 2 heterocycles. The normalized spacial score (nSPS) is 15.6. The Balaban J connectivity index is 1.92. The van der Waals surface area contributed by atoms with E-state index in [1.807, 2.05) is 6.07 Å². The summed E-state index contributed by atoms with van der Waals surface area (Å²) >= 11 is 6.13. The zero-order chi connectivity index (χ0) is 15.0. The Morgan fingerprint density at radius 2 is 2.00 bits per heavy atom. The van der Waals surface area contributed by atoms with Crippen LogP contribution in [0.3, 0.4) is 0 Å². The van der Waals surface area contributed by atoms with Crippen LogP contribution < -0.4 is 4.90 Å². The molecule has 1 aliphatic heterocycles. The van der Waals surface area contributed by atoms with E-state index in [-0.39, 0.29) is 17.2 Å². The third kappa shape index (κ3) is 2.65. The first kappa shape index (κ1) is 14.1. The Hall–Kier alpha value is -1.88. The Bertz CT molecular complexity index is 699. The van der Waals surface area contributed by atoms with E-state index in [9.17, 15) is 9.18 Å². The second-order valence-corrected chi connectivity index (χ2v) is 5.52. The van der Waals surface area contributed by atoms with Crippen molar-refractivity contribution in [2.24, 2.45) is 0 Å². The SMILES string of the molecule is CC(=O)N1CCN(c2cc(F)c3nccc(Cl)c3c2)CC1. The van der Waals surface area contributed by atoms with Crippen LogP contribution in [0.4, 0.5) is 10.1 Å². The van der Waals surface area contributed by atoms with Crippen LogP contribution in [0.2, 0.25) is 5.02 Å². The summed E-state index contributed by atoms with van der Waals surface area (Å²) in [6.07, 6.45) is 1.50. The molecular weight excluding hydrogens is 293 g/mol. The molecule has 0 radical (unpaired) electrons. The lowest BCUT2D eigenvalue weighted by Gasteiger charge is -2.35. The van der Waals surface area contributed by atoms with Crippen molar-refractivity contribution in [3.8, 4) is 0 Å². The van der Waals surface area contributed by atoms with Crippen molar-refractivity contribution in [2.75, 3.05) is 31.1 Å². The molecule has 2 aromatic rings. The second-order valence-electron chi connectivity index (χ2n) is 5.11. The topological polar surface area (TPSA) is 36.4 Å². The lowest BCUT2D eigenvalue weighted by atomic mass is 10.1. The minimum atomic E-state index is -0.376. The minimum absolute atomic E-state index is 0.0755. The molecule has 0 unspecified atom stereocenters. The Labute approximate surface area is 127 Å². The average Bonchev–Trinajstić information content (AvgIpc) is 2.48. The quantitative estimate of drug-likeness (QED) is 0.813. The van der Waals surface area contributed by atoms with Crippen LogP contribution in [-0.4, -0.2) is 42.0 Å². The van der Waals surface area contributed by atoms with Crippen LogP contribution in [0.15, 0.2) is 24.4 Å². The van der Waals surface area contributed by atoms with Crippen molar-refractivity contribution in [1.29, 1.82) is 0 Å². The molecule has 4 nitrogen and oxygen atoms in total. The molecule has 1 aliphatic rings. The van der Waals surface area contributed by atoms with E-state index in [2.05, 4.69) is 9.88 Å². The van der Waals surface area contributed by atoms with Crippen LogP contribution in [0.5, 0.6) is 0 Å². The summed E-state index contributed by atoms with van der Waals surface area (Å²) in [7, 11) is 0. The fraction of sp³-hybridized carbons (Fsp3) is 0.333. The lowest BCUT2D eigenvalue weighted by Crippen LogP contribution is -2.48. The van der Waals surface area contributed by atoms with Crippen LogP contribution in [-0.2, 0) is 4.79 Å². The van der Waals surface area contributed by atoms with Gasteiger partial charge in [-0.3, -0.25) is 9.78 Å². The molecule has 3 rings (SSSR count). The smallest absolute Gasteiger partial charge is 0.219 e. The first-order chi connectivity index (χ1) is 10.1. The molecule has 110 valence electrons. The fourth-order valence-electron chi connectivity index (χ4n) is 2.63. The van der Waals surface area contributed by atoms with E-state index in [1.165, 1.54) is 12.3 Å². The summed E-state index contributed by atoms with van der Waals surface area (Å²) < 4.78 is 14.2. The fourth-order valence-corrected chi connectivity index (χ4v) is 2.83. The standard InChI is InChI=1S/C15H15ClFN3O/c1-10(21)19-4-6-20(7-5-19)11-8-12-13(16)2-3-18-15(12)14(17)9-11/h2-3,8-9H,4-7H2,1H3. The number of hydrogen-bond donors (Lipinski definition) is 0. The van der Waals surface area contributed by atoms with Crippen molar-refractivity contribution in [3.05, 3.63) is 35.2 Å². The number of pyridine rings is 1. The number of carbonyl (C=O) groups excluding carboxylic acids is 1. The molecule has 1 fully saturated rings. The highest BCUT2D eigenvalue weighted by molar-refractivity contribution is 6.35. The Morgan fingerprint density at radius 1 is 1.29 bits per heavy atom. The lowest BCUT2D eigenvalue weighted by molar-refractivity contribution is -0.129. The molecule has 0 bridgehead atoms. The van der Waals surface area contributed by atoms with Gasteiger partial charge in [0.2, 0.25) is 5.91 Å². The van der Waals surface area contributed by atoms with E-state index >= 15 is 0 Å². The average molecular weight is 308 g/mol. The summed E-state index contributed by atoms with van der Waals surface area (Å²) in [6.45, 7) is 4.23. The zero-order valence-corrected chi connectivity index (χ0v) is 12.4. The van der Waals surface area contributed by atoms with Crippen LogP contribution in [0, 0.1) is 5.82 Å². The minimum Gasteiger partial charge on any atom is -0.368 e. The molecule has 1 amide bonds. The monoisotopic (exact) mass is 307 g/mol. The number of rotatable bonds is 1. The van der Waals surface area contributed by atoms with Gasteiger partial charge in [-0.2, -0.15) is 0 Å². The summed E-state index contributed by atoms with van der Waals surface area (Å²) in [6, 6.07) is 4.99. The van der Waals surface area contributed by atoms with Gasteiger partial charge in [0.1, 0.15) is 5.52 Å². The van der Waals surface area contributed by atoms with E-state index in [1.54, 1.807) is 17.9 Å². The third-order valence-corrected chi connectivity index (χ3v) is 4.15. The first-order valence-electron chi connectivity index (χ1n) is 6.80. The van der Waals surface area contributed by atoms with Gasteiger partial charge in [0.25, 0.3) is 0 Å². The highest BCUT2D eigenvalue weighted by Gasteiger charge is 2.20. The Kier molecular flexibility index (Phi) is 3.68. The number of hydrogen-bond acceptors (Lipinski definition) is 3. The zero-order valence-electron chi connectivity index (χ0n) is 11.6. The molecular formula is C15H15ClFN3O. The summed E-state index contributed by atoms with van der Waals surface area (Å²) in [5, 5.41) is 1.10. The van der Waals surface area contributed by atoms with Gasteiger partial charge >= 0.3 is 0 Å². The maximum atomic E-state index is 14.2. The summed E-state index contributed by atoms with van der Waals surface area (Å²) in [5.41, 5.74) is 1.06. The van der Waals surface area contributed by atoms with Crippen molar-refractivity contribution in [3.63, 3.8) is 0 Å². The van der Waals surface area contributed by atoms with Gasteiger partial charge in [0, 0.05) is 50.4 Å². The van der Waals surface area contributed by atoms with Gasteiger partial charge in [-0.05, 0) is 18.2 Å². The van der Waals surface area contributed by atoms with Gasteiger partial charge in [0.15, 0.2) is 5.82 Å².